The van der Waals surface area contributed by atoms with Crippen LogP contribution in [-0.4, -0.2) is 50.3 Å². The van der Waals surface area contributed by atoms with Gasteiger partial charge in [-0.1, -0.05) is 6.07 Å². The molecule has 0 N–H and O–H groups in total. The molecule has 0 bridgehead atoms. The predicted octanol–water partition coefficient (Wildman–Crippen LogP) is 1.98. The van der Waals surface area contributed by atoms with E-state index in [4.69, 9.17) is 4.74 Å². The summed E-state index contributed by atoms with van der Waals surface area (Å²) in [4.78, 5) is 29.4. The number of rotatable bonds is 8. The Kier molecular flexibility index (Phi) is 6.03. The van der Waals surface area contributed by atoms with Crippen LogP contribution in [0.1, 0.15) is 5.56 Å². The highest BCUT2D eigenvalue weighted by Crippen LogP contribution is 2.31. The average Bonchev–Trinajstić information content (AvgIpc) is 2.56. The van der Waals surface area contributed by atoms with Crippen molar-refractivity contribution in [2.24, 2.45) is 0 Å². The summed E-state index contributed by atoms with van der Waals surface area (Å²) < 4.78 is 5.00. The molecule has 0 aliphatic carbocycles. The summed E-state index contributed by atoms with van der Waals surface area (Å²) in [5, 5.41) is 0. The first-order chi connectivity index (χ1) is 11.5. The lowest BCUT2D eigenvalue weighted by Crippen LogP contribution is -2.19. The Bertz CT molecular complexity index is 699. The van der Waals surface area contributed by atoms with E-state index in [9.17, 15) is 9.59 Å². The Morgan fingerprint density at radius 3 is 2.50 bits per heavy atom. The minimum absolute atomic E-state index is 0.395. The maximum atomic E-state index is 10.6. The van der Waals surface area contributed by atoms with Crippen molar-refractivity contribution in [2.75, 3.05) is 32.6 Å². The monoisotopic (exact) mass is 327 g/mol. The predicted molar refractivity (Wildman–Crippen MR) is 93.1 cm³/mol. The second-order valence-electron chi connectivity index (χ2n) is 5.71. The molecular formula is C18H21N3O3. The fourth-order valence-electron chi connectivity index (χ4n) is 2.37. The van der Waals surface area contributed by atoms with Crippen molar-refractivity contribution in [2.45, 2.75) is 6.54 Å². The van der Waals surface area contributed by atoms with E-state index >= 15 is 0 Å². The summed E-state index contributed by atoms with van der Waals surface area (Å²) in [5.74, 6) is 0.505. The van der Waals surface area contributed by atoms with Gasteiger partial charge >= 0.3 is 0 Å². The SMILES string of the molecule is CN(CC=O)Cc1ccc(-c2ccc(OC=O)c(N(C)C)c2)nc1. The first kappa shape index (κ1) is 17.6. The van der Waals surface area contributed by atoms with Crippen LogP contribution in [0.15, 0.2) is 36.5 Å². The molecule has 0 aliphatic heterocycles. The lowest BCUT2D eigenvalue weighted by Gasteiger charge is -2.17. The number of nitrogens with zero attached hydrogens (tertiary/aromatic N) is 3. The first-order valence-electron chi connectivity index (χ1n) is 7.54. The summed E-state index contributed by atoms with van der Waals surface area (Å²) in [5.41, 5.74) is 3.61. The number of anilines is 1. The van der Waals surface area contributed by atoms with Gasteiger partial charge in [0.15, 0.2) is 5.75 Å². The van der Waals surface area contributed by atoms with Crippen LogP contribution in [0.5, 0.6) is 5.75 Å². The lowest BCUT2D eigenvalue weighted by molar-refractivity contribution is -0.120. The number of carbonyl (C=O) groups is 2. The van der Waals surface area contributed by atoms with Gasteiger partial charge < -0.3 is 14.4 Å². The Balaban J connectivity index is 2.23. The third-order valence-corrected chi connectivity index (χ3v) is 3.58. The molecule has 24 heavy (non-hydrogen) atoms. The molecular weight excluding hydrogens is 306 g/mol. The molecule has 0 fully saturated rings. The summed E-state index contributed by atoms with van der Waals surface area (Å²) in [7, 11) is 5.66. The minimum Gasteiger partial charge on any atom is -0.427 e. The van der Waals surface area contributed by atoms with Gasteiger partial charge in [-0.2, -0.15) is 0 Å². The van der Waals surface area contributed by atoms with Crippen molar-refractivity contribution < 1.29 is 14.3 Å². The van der Waals surface area contributed by atoms with Gasteiger partial charge in [0.25, 0.3) is 6.47 Å². The maximum Gasteiger partial charge on any atom is 0.298 e. The van der Waals surface area contributed by atoms with Crippen LogP contribution in [0.3, 0.4) is 0 Å². The van der Waals surface area contributed by atoms with Gasteiger partial charge in [0.1, 0.15) is 6.29 Å². The molecule has 1 aromatic carbocycles. The van der Waals surface area contributed by atoms with Crippen molar-refractivity contribution >= 4 is 18.4 Å². The van der Waals surface area contributed by atoms with Crippen LogP contribution < -0.4 is 9.64 Å². The molecule has 0 unspecified atom stereocenters. The fourth-order valence-corrected chi connectivity index (χ4v) is 2.37. The van der Waals surface area contributed by atoms with Crippen LogP contribution >= 0.6 is 0 Å². The second kappa shape index (κ2) is 8.21. The Morgan fingerprint density at radius 1 is 1.12 bits per heavy atom. The largest absolute Gasteiger partial charge is 0.427 e. The van der Waals surface area contributed by atoms with Crippen molar-refractivity contribution in [3.63, 3.8) is 0 Å². The van der Waals surface area contributed by atoms with Gasteiger partial charge in [-0.15, -0.1) is 0 Å². The topological polar surface area (TPSA) is 62.7 Å². The van der Waals surface area contributed by atoms with Gasteiger partial charge in [0.05, 0.1) is 17.9 Å². The number of aromatic nitrogens is 1. The third-order valence-electron chi connectivity index (χ3n) is 3.58. The highest BCUT2D eigenvalue weighted by Gasteiger charge is 2.09. The zero-order valence-corrected chi connectivity index (χ0v) is 14.1. The van der Waals surface area contributed by atoms with E-state index in [-0.39, 0.29) is 0 Å². The minimum atomic E-state index is 0.395. The molecule has 0 spiro atoms. The number of aldehydes is 1. The van der Waals surface area contributed by atoms with E-state index in [0.717, 1.165) is 28.8 Å². The molecule has 126 valence electrons. The first-order valence-corrected chi connectivity index (χ1v) is 7.54. The molecule has 2 aromatic rings. The quantitative estimate of drug-likeness (QED) is 0.691. The molecule has 0 atom stereocenters. The maximum absolute atomic E-state index is 10.6. The molecule has 6 heteroatoms. The molecule has 6 nitrogen and oxygen atoms in total. The van der Waals surface area contributed by atoms with Crippen molar-refractivity contribution in [3.8, 4) is 17.0 Å². The Morgan fingerprint density at radius 2 is 1.92 bits per heavy atom. The number of hydrogen-bond donors (Lipinski definition) is 0. The van der Waals surface area contributed by atoms with Crippen molar-refractivity contribution in [1.29, 1.82) is 0 Å². The highest BCUT2D eigenvalue weighted by molar-refractivity contribution is 5.71. The molecule has 1 aromatic heterocycles. The van der Waals surface area contributed by atoms with Crippen LogP contribution in [0.2, 0.25) is 0 Å². The Hall–Kier alpha value is -2.73. The van der Waals surface area contributed by atoms with Crippen LogP contribution in [0.25, 0.3) is 11.3 Å². The number of ether oxygens (including phenoxy) is 1. The zero-order chi connectivity index (χ0) is 17.5. The van der Waals surface area contributed by atoms with E-state index < -0.39 is 0 Å². The van der Waals surface area contributed by atoms with Crippen molar-refractivity contribution in [3.05, 3.63) is 42.1 Å². The highest BCUT2D eigenvalue weighted by atomic mass is 16.5. The van der Waals surface area contributed by atoms with Gasteiger partial charge in [0.2, 0.25) is 0 Å². The summed E-state index contributed by atoms with van der Waals surface area (Å²) in [6, 6.07) is 9.49. The number of pyridine rings is 1. The van der Waals surface area contributed by atoms with Gasteiger partial charge in [-0.25, -0.2) is 0 Å². The summed E-state index contributed by atoms with van der Waals surface area (Å²) in [6.07, 6.45) is 2.69. The average molecular weight is 327 g/mol. The van der Waals surface area contributed by atoms with Gasteiger partial charge in [-0.05, 0) is 36.9 Å². The number of hydrogen-bond acceptors (Lipinski definition) is 6. The smallest absolute Gasteiger partial charge is 0.298 e. The van der Waals surface area contributed by atoms with E-state index in [0.29, 0.717) is 25.3 Å². The van der Waals surface area contributed by atoms with Crippen LogP contribution in [0, 0.1) is 0 Å². The third kappa shape index (κ3) is 4.39. The van der Waals surface area contributed by atoms with E-state index in [1.807, 2.05) is 61.4 Å². The van der Waals surface area contributed by atoms with Gasteiger partial charge in [0, 0.05) is 32.4 Å². The second-order valence-corrected chi connectivity index (χ2v) is 5.71. The van der Waals surface area contributed by atoms with E-state index in [2.05, 4.69) is 4.98 Å². The molecule has 0 radical (unpaired) electrons. The molecule has 0 aliphatic rings. The van der Waals surface area contributed by atoms with E-state index in [1.165, 1.54) is 0 Å². The normalized spacial score (nSPS) is 10.5. The number of likely N-dealkylation sites (N-methyl/N-ethyl adjacent to an activating group) is 1. The van der Waals surface area contributed by atoms with E-state index in [1.54, 1.807) is 6.07 Å². The molecule has 1 heterocycles. The van der Waals surface area contributed by atoms with Crippen LogP contribution in [-0.2, 0) is 16.1 Å². The lowest BCUT2D eigenvalue weighted by atomic mass is 10.1. The Labute approximate surface area is 141 Å². The molecule has 0 amide bonds. The number of carbonyl (C=O) groups excluding carboxylic acids is 2. The molecule has 0 saturated heterocycles. The fraction of sp³-hybridized carbons (Fsp3) is 0.278. The van der Waals surface area contributed by atoms with Crippen LogP contribution in [0.4, 0.5) is 5.69 Å². The van der Waals surface area contributed by atoms with Gasteiger partial charge in [-0.3, -0.25) is 14.7 Å². The zero-order valence-electron chi connectivity index (χ0n) is 14.1. The number of benzene rings is 1. The standard InChI is InChI=1S/C18H21N3O3/c1-20(2)17-10-15(5-7-18(17)24-13-23)16-6-4-14(11-19-16)12-21(3)8-9-22/h4-7,9-11,13H,8,12H2,1-3H3. The summed E-state index contributed by atoms with van der Waals surface area (Å²) in [6.45, 7) is 1.48. The molecule has 0 saturated carbocycles. The summed E-state index contributed by atoms with van der Waals surface area (Å²) >= 11 is 0. The molecule has 2 rings (SSSR count). The van der Waals surface area contributed by atoms with Crippen molar-refractivity contribution in [1.82, 2.24) is 9.88 Å².